The maximum Gasteiger partial charge on any atom is 0.335 e. The van der Waals surface area contributed by atoms with Crippen LogP contribution in [0, 0.1) is 0 Å². The predicted molar refractivity (Wildman–Crippen MR) is 78.4 cm³/mol. The topological polar surface area (TPSA) is 75.4 Å². The second-order valence-corrected chi connectivity index (χ2v) is 4.97. The normalized spacial score (nSPS) is 10.7. The van der Waals surface area contributed by atoms with E-state index in [1.807, 2.05) is 6.07 Å². The number of nitrogens with one attached hydrogen (secondary N) is 1. The zero-order valence-corrected chi connectivity index (χ0v) is 11.7. The van der Waals surface area contributed by atoms with Crippen molar-refractivity contribution in [2.75, 3.05) is 5.32 Å². The minimum absolute atomic E-state index is 0.219. The van der Waals surface area contributed by atoms with Gasteiger partial charge in [0.1, 0.15) is 11.4 Å². The first-order valence-electron chi connectivity index (χ1n) is 5.77. The molecule has 2 heterocycles. The third-order valence-electron chi connectivity index (χ3n) is 2.85. The van der Waals surface area contributed by atoms with Gasteiger partial charge in [-0.25, -0.2) is 9.78 Å². The van der Waals surface area contributed by atoms with E-state index in [1.54, 1.807) is 30.7 Å². The van der Waals surface area contributed by atoms with Gasteiger partial charge >= 0.3 is 5.97 Å². The third-order valence-corrected chi connectivity index (χ3v) is 3.51. The van der Waals surface area contributed by atoms with E-state index in [4.69, 9.17) is 9.52 Å². The molecule has 6 heteroatoms. The number of nitrogens with zero attached hydrogens (tertiary/aromatic N) is 1. The van der Waals surface area contributed by atoms with E-state index >= 15 is 0 Å². The maximum absolute atomic E-state index is 10.9. The number of halogens is 1. The molecule has 0 saturated heterocycles. The van der Waals surface area contributed by atoms with Gasteiger partial charge in [0.25, 0.3) is 0 Å². The van der Waals surface area contributed by atoms with Crippen molar-refractivity contribution in [1.29, 1.82) is 0 Å². The summed E-state index contributed by atoms with van der Waals surface area (Å²) in [6, 6.07) is 8.37. The molecular formula is C14H9BrN2O3. The Morgan fingerprint density at radius 2 is 2.15 bits per heavy atom. The molecule has 0 saturated carbocycles. The lowest BCUT2D eigenvalue weighted by molar-refractivity contribution is 0.0697. The molecule has 5 nitrogen and oxygen atoms in total. The summed E-state index contributed by atoms with van der Waals surface area (Å²) in [6.45, 7) is 0. The molecule has 2 N–H and O–H groups in total. The van der Waals surface area contributed by atoms with Crippen molar-refractivity contribution in [1.82, 2.24) is 4.98 Å². The molecule has 0 aliphatic heterocycles. The fraction of sp³-hybridized carbons (Fsp3) is 0. The van der Waals surface area contributed by atoms with Crippen LogP contribution in [0.15, 0.2) is 51.7 Å². The van der Waals surface area contributed by atoms with Crippen LogP contribution in [0.3, 0.4) is 0 Å². The highest BCUT2D eigenvalue weighted by atomic mass is 79.9. The van der Waals surface area contributed by atoms with Crippen LogP contribution < -0.4 is 5.32 Å². The van der Waals surface area contributed by atoms with Gasteiger partial charge in [-0.3, -0.25) is 0 Å². The maximum atomic E-state index is 10.9. The lowest BCUT2D eigenvalue weighted by Crippen LogP contribution is -1.99. The monoisotopic (exact) mass is 332 g/mol. The van der Waals surface area contributed by atoms with Gasteiger partial charge < -0.3 is 14.8 Å². The van der Waals surface area contributed by atoms with Crippen LogP contribution in [0.25, 0.3) is 11.0 Å². The summed E-state index contributed by atoms with van der Waals surface area (Å²) in [5.74, 6) is -0.313. The molecule has 0 aliphatic rings. The van der Waals surface area contributed by atoms with E-state index in [0.29, 0.717) is 10.3 Å². The molecule has 0 unspecified atom stereocenters. The van der Waals surface area contributed by atoms with Crippen LogP contribution >= 0.6 is 15.9 Å². The first-order valence-corrected chi connectivity index (χ1v) is 6.56. The van der Waals surface area contributed by atoms with E-state index in [9.17, 15) is 4.79 Å². The number of carbonyl (C=O) groups is 1. The number of carboxylic acids is 1. The summed E-state index contributed by atoms with van der Waals surface area (Å²) >= 11 is 3.35. The number of benzene rings is 1. The second-order valence-electron chi connectivity index (χ2n) is 4.12. The minimum atomic E-state index is -0.965. The van der Waals surface area contributed by atoms with Crippen LogP contribution in [0.2, 0.25) is 0 Å². The van der Waals surface area contributed by atoms with E-state index < -0.39 is 5.97 Å². The Hall–Kier alpha value is -2.34. The lowest BCUT2D eigenvalue weighted by atomic mass is 10.2. The first-order chi connectivity index (χ1) is 9.65. The fourth-order valence-corrected chi connectivity index (χ4v) is 2.35. The summed E-state index contributed by atoms with van der Waals surface area (Å²) in [7, 11) is 0. The highest BCUT2D eigenvalue weighted by Gasteiger charge is 2.09. The Morgan fingerprint density at radius 1 is 1.30 bits per heavy atom. The minimum Gasteiger partial charge on any atom is -0.478 e. The lowest BCUT2D eigenvalue weighted by Gasteiger charge is -2.09. The third kappa shape index (κ3) is 2.25. The highest BCUT2D eigenvalue weighted by Crippen LogP contribution is 2.29. The smallest absolute Gasteiger partial charge is 0.335 e. The van der Waals surface area contributed by atoms with Crippen LogP contribution in [0.5, 0.6) is 0 Å². The molecule has 3 aromatic rings. The van der Waals surface area contributed by atoms with E-state index in [2.05, 4.69) is 26.2 Å². The molecule has 100 valence electrons. The quantitative estimate of drug-likeness (QED) is 0.757. The van der Waals surface area contributed by atoms with Crippen LogP contribution in [-0.4, -0.2) is 16.1 Å². The molecule has 0 amide bonds. The van der Waals surface area contributed by atoms with Crippen LogP contribution in [-0.2, 0) is 0 Å². The molecule has 20 heavy (non-hydrogen) atoms. The predicted octanol–water partition coefficient (Wildman–Crippen LogP) is 4.03. The van der Waals surface area contributed by atoms with Crippen LogP contribution in [0.1, 0.15) is 10.4 Å². The van der Waals surface area contributed by atoms with E-state index in [1.165, 1.54) is 6.07 Å². The largest absolute Gasteiger partial charge is 0.478 e. The summed E-state index contributed by atoms with van der Waals surface area (Å²) in [5.41, 5.74) is 1.69. The van der Waals surface area contributed by atoms with E-state index in [-0.39, 0.29) is 5.56 Å². The number of hydrogen-bond acceptors (Lipinski definition) is 4. The molecule has 3 rings (SSSR count). The average molecular weight is 333 g/mol. The Kier molecular flexibility index (Phi) is 3.15. The van der Waals surface area contributed by atoms with Gasteiger partial charge in [0.15, 0.2) is 0 Å². The van der Waals surface area contributed by atoms with Gasteiger partial charge in [-0.05, 0) is 46.3 Å². The van der Waals surface area contributed by atoms with Crippen molar-refractivity contribution in [2.24, 2.45) is 0 Å². The van der Waals surface area contributed by atoms with Crippen molar-refractivity contribution in [3.05, 3.63) is 52.8 Å². The summed E-state index contributed by atoms with van der Waals surface area (Å²) in [4.78, 5) is 15.2. The number of furan rings is 1. The number of aromatic nitrogens is 1. The summed E-state index contributed by atoms with van der Waals surface area (Å²) in [5, 5.41) is 13.0. The van der Waals surface area contributed by atoms with Gasteiger partial charge in [-0.2, -0.15) is 0 Å². The number of pyridine rings is 1. The highest BCUT2D eigenvalue weighted by molar-refractivity contribution is 9.10. The fourth-order valence-electron chi connectivity index (χ4n) is 1.87. The SMILES string of the molecule is O=C(O)c1ccc(Nc2nccc3occc23)c(Br)c1. The van der Waals surface area contributed by atoms with Gasteiger partial charge in [0.05, 0.1) is 22.9 Å². The molecule has 0 radical (unpaired) electrons. The number of aromatic carboxylic acids is 1. The average Bonchev–Trinajstić information content (AvgIpc) is 2.90. The molecule has 0 aliphatic carbocycles. The number of carboxylic acid groups (broad SMARTS) is 1. The molecular weight excluding hydrogens is 324 g/mol. The Bertz CT molecular complexity index is 798. The Balaban J connectivity index is 1.99. The molecule has 0 fully saturated rings. The van der Waals surface area contributed by atoms with Gasteiger partial charge in [-0.15, -0.1) is 0 Å². The standard InChI is InChI=1S/C14H9BrN2O3/c15-10-7-8(14(18)19)1-2-11(10)17-13-9-4-6-20-12(9)3-5-16-13/h1-7H,(H,16,17)(H,18,19). The first kappa shape index (κ1) is 12.7. The second kappa shape index (κ2) is 4.97. The van der Waals surface area contributed by atoms with Crippen molar-refractivity contribution in [2.45, 2.75) is 0 Å². The zero-order chi connectivity index (χ0) is 14.1. The number of hydrogen-bond donors (Lipinski definition) is 2. The van der Waals surface area contributed by atoms with Crippen LogP contribution in [0.4, 0.5) is 11.5 Å². The zero-order valence-electron chi connectivity index (χ0n) is 10.1. The number of anilines is 2. The van der Waals surface area contributed by atoms with Crippen molar-refractivity contribution in [3.8, 4) is 0 Å². The Morgan fingerprint density at radius 3 is 2.90 bits per heavy atom. The van der Waals surface area contributed by atoms with Crippen molar-refractivity contribution < 1.29 is 14.3 Å². The Labute approximate surface area is 122 Å². The molecule has 1 aromatic carbocycles. The summed E-state index contributed by atoms with van der Waals surface area (Å²) in [6.07, 6.45) is 3.24. The molecule has 2 aromatic heterocycles. The summed E-state index contributed by atoms with van der Waals surface area (Å²) < 4.78 is 5.96. The van der Waals surface area contributed by atoms with Gasteiger partial charge in [-0.1, -0.05) is 0 Å². The number of rotatable bonds is 3. The number of fused-ring (bicyclic) bond motifs is 1. The van der Waals surface area contributed by atoms with Gasteiger partial charge in [0, 0.05) is 10.7 Å². The van der Waals surface area contributed by atoms with Gasteiger partial charge in [0.2, 0.25) is 0 Å². The van der Waals surface area contributed by atoms with E-state index in [0.717, 1.165) is 16.7 Å². The molecule has 0 bridgehead atoms. The molecule has 0 atom stereocenters. The van der Waals surface area contributed by atoms with Crippen molar-refractivity contribution in [3.63, 3.8) is 0 Å². The van der Waals surface area contributed by atoms with Crippen molar-refractivity contribution >= 4 is 44.4 Å². The molecule has 0 spiro atoms.